The Hall–Kier alpha value is 0.0800. The molecule has 0 amide bonds. The van der Waals surface area contributed by atoms with Gasteiger partial charge in [0.2, 0.25) is 0 Å². The average Bonchev–Trinajstić information content (AvgIpc) is 2.59. The minimum atomic E-state index is 0.657. The van der Waals surface area contributed by atoms with Crippen molar-refractivity contribution in [1.29, 1.82) is 0 Å². The van der Waals surface area contributed by atoms with E-state index in [1.807, 2.05) is 48.5 Å². The van der Waals surface area contributed by atoms with Crippen LogP contribution in [-0.2, 0) is 0 Å². The minimum Gasteiger partial charge on any atom is -0.494 e. The highest BCUT2D eigenvalue weighted by Crippen LogP contribution is 2.14. The molecule has 0 aliphatic rings. The summed E-state index contributed by atoms with van der Waals surface area (Å²) in [5.41, 5.74) is 0. The van der Waals surface area contributed by atoms with Gasteiger partial charge in [0.15, 0.2) is 0 Å². The molecule has 0 heterocycles. The van der Waals surface area contributed by atoms with E-state index < -0.39 is 0 Å². The summed E-state index contributed by atoms with van der Waals surface area (Å²) in [6, 6.07) is 16.0. The Morgan fingerprint density at radius 3 is 1.25 bits per heavy atom. The lowest BCUT2D eigenvalue weighted by Crippen LogP contribution is -1.97. The highest BCUT2D eigenvalue weighted by atomic mass is 127. The van der Waals surface area contributed by atoms with E-state index in [1.165, 1.54) is 7.14 Å². The zero-order valence-electron chi connectivity index (χ0n) is 13.2. The lowest BCUT2D eigenvalue weighted by molar-refractivity contribution is 0.318. The Kier molecular flexibility index (Phi) is 13.2. The van der Waals surface area contributed by atoms with Gasteiger partial charge < -0.3 is 9.47 Å². The number of rotatable bonds is 8. The first kappa shape index (κ1) is 22.1. The molecule has 0 spiro atoms. The lowest BCUT2D eigenvalue weighted by atomic mass is 10.3. The molecule has 2 rings (SSSR count). The Morgan fingerprint density at radius 1 is 0.625 bits per heavy atom. The standard InChI is InChI=1S/2C9H10ClIO/c2*10-6-1-7-12-9-4-2-8(11)3-5-9/h2*2-5H,1,6-7H2. The van der Waals surface area contributed by atoms with Crippen LogP contribution < -0.4 is 9.47 Å². The van der Waals surface area contributed by atoms with Crippen LogP contribution in [0.5, 0.6) is 11.5 Å². The number of benzene rings is 2. The Morgan fingerprint density at radius 2 is 0.958 bits per heavy atom. The molecule has 0 fully saturated rings. The van der Waals surface area contributed by atoms with E-state index in [0.29, 0.717) is 25.0 Å². The predicted octanol–water partition coefficient (Wildman–Crippen LogP) is 6.60. The van der Waals surface area contributed by atoms with Crippen LogP contribution in [0.15, 0.2) is 48.5 Å². The molecule has 132 valence electrons. The van der Waals surface area contributed by atoms with Gasteiger partial charge in [0.1, 0.15) is 11.5 Å². The molecular formula is C18H20Cl2I2O2. The first-order valence-corrected chi connectivity index (χ1v) is 10.8. The van der Waals surface area contributed by atoms with E-state index in [4.69, 9.17) is 32.7 Å². The highest BCUT2D eigenvalue weighted by molar-refractivity contribution is 14.1. The largest absolute Gasteiger partial charge is 0.494 e. The molecule has 0 saturated heterocycles. The summed E-state index contributed by atoms with van der Waals surface area (Å²) in [6.07, 6.45) is 1.79. The van der Waals surface area contributed by atoms with Gasteiger partial charge in [-0.15, -0.1) is 23.2 Å². The van der Waals surface area contributed by atoms with Crippen LogP contribution in [0.3, 0.4) is 0 Å². The van der Waals surface area contributed by atoms with E-state index in [2.05, 4.69) is 45.2 Å². The van der Waals surface area contributed by atoms with E-state index in [0.717, 1.165) is 24.3 Å². The van der Waals surface area contributed by atoms with Gasteiger partial charge in [-0.25, -0.2) is 0 Å². The van der Waals surface area contributed by atoms with Crippen LogP contribution in [0.2, 0.25) is 0 Å². The molecule has 24 heavy (non-hydrogen) atoms. The zero-order chi connectivity index (χ0) is 17.6. The van der Waals surface area contributed by atoms with Crippen molar-refractivity contribution >= 4 is 68.4 Å². The molecule has 0 unspecified atom stereocenters. The molecule has 0 N–H and O–H groups in total. The van der Waals surface area contributed by atoms with Crippen molar-refractivity contribution < 1.29 is 9.47 Å². The first-order valence-electron chi connectivity index (χ1n) is 7.54. The van der Waals surface area contributed by atoms with Crippen LogP contribution >= 0.6 is 68.4 Å². The number of hydrogen-bond acceptors (Lipinski definition) is 2. The number of hydrogen-bond donors (Lipinski definition) is 0. The van der Waals surface area contributed by atoms with Gasteiger partial charge in [-0.1, -0.05) is 0 Å². The van der Waals surface area contributed by atoms with Crippen molar-refractivity contribution in [1.82, 2.24) is 0 Å². The molecular weight excluding hydrogens is 573 g/mol. The zero-order valence-corrected chi connectivity index (χ0v) is 19.0. The summed E-state index contributed by atoms with van der Waals surface area (Å²) in [5, 5.41) is 0. The summed E-state index contributed by atoms with van der Waals surface area (Å²) in [7, 11) is 0. The third-order valence-electron chi connectivity index (χ3n) is 2.72. The van der Waals surface area contributed by atoms with Gasteiger partial charge in [0.05, 0.1) is 13.2 Å². The number of alkyl halides is 2. The smallest absolute Gasteiger partial charge is 0.119 e. The van der Waals surface area contributed by atoms with Gasteiger partial charge in [0.25, 0.3) is 0 Å². The van der Waals surface area contributed by atoms with Crippen molar-refractivity contribution in [3.8, 4) is 11.5 Å². The predicted molar refractivity (Wildman–Crippen MR) is 120 cm³/mol. The second kappa shape index (κ2) is 14.3. The molecule has 0 aliphatic heterocycles. The maximum Gasteiger partial charge on any atom is 0.119 e. The van der Waals surface area contributed by atoms with Gasteiger partial charge in [-0.2, -0.15) is 0 Å². The molecule has 6 heteroatoms. The van der Waals surface area contributed by atoms with Gasteiger partial charge >= 0.3 is 0 Å². The Bertz CT molecular complexity index is 496. The minimum absolute atomic E-state index is 0.657. The Balaban J connectivity index is 0.000000240. The van der Waals surface area contributed by atoms with Crippen molar-refractivity contribution in [2.75, 3.05) is 25.0 Å². The van der Waals surface area contributed by atoms with Crippen LogP contribution in [0.1, 0.15) is 12.8 Å². The molecule has 0 atom stereocenters. The highest BCUT2D eigenvalue weighted by Gasteiger charge is 1.93. The SMILES string of the molecule is ClCCCOc1ccc(I)cc1.ClCCCOc1ccc(I)cc1. The molecule has 2 aromatic rings. The molecule has 0 saturated carbocycles. The maximum absolute atomic E-state index is 5.51. The van der Waals surface area contributed by atoms with Gasteiger partial charge in [0, 0.05) is 18.9 Å². The number of ether oxygens (including phenoxy) is 2. The van der Waals surface area contributed by atoms with Crippen molar-refractivity contribution in [3.05, 3.63) is 55.7 Å². The molecule has 0 radical (unpaired) electrons. The summed E-state index contributed by atoms with van der Waals surface area (Å²) in [5.74, 6) is 3.15. The molecule has 2 aromatic carbocycles. The fraction of sp³-hybridized carbons (Fsp3) is 0.333. The second-order valence-electron chi connectivity index (χ2n) is 4.69. The topological polar surface area (TPSA) is 18.5 Å². The molecule has 0 aliphatic carbocycles. The fourth-order valence-electron chi connectivity index (χ4n) is 1.55. The quantitative estimate of drug-likeness (QED) is 0.195. The van der Waals surface area contributed by atoms with E-state index in [9.17, 15) is 0 Å². The number of halogens is 4. The second-order valence-corrected chi connectivity index (χ2v) is 7.94. The third kappa shape index (κ3) is 10.8. The van der Waals surface area contributed by atoms with Crippen LogP contribution in [-0.4, -0.2) is 25.0 Å². The van der Waals surface area contributed by atoms with Gasteiger partial charge in [-0.3, -0.25) is 0 Å². The monoisotopic (exact) mass is 592 g/mol. The lowest BCUT2D eigenvalue weighted by Gasteiger charge is -2.03. The summed E-state index contributed by atoms with van der Waals surface area (Å²) in [4.78, 5) is 0. The van der Waals surface area contributed by atoms with Crippen LogP contribution in [0.4, 0.5) is 0 Å². The van der Waals surface area contributed by atoms with Crippen LogP contribution in [0, 0.1) is 7.14 Å². The fourth-order valence-corrected chi connectivity index (χ4v) is 2.49. The van der Waals surface area contributed by atoms with E-state index in [1.54, 1.807) is 0 Å². The van der Waals surface area contributed by atoms with Crippen molar-refractivity contribution in [3.63, 3.8) is 0 Å². The molecule has 0 aromatic heterocycles. The van der Waals surface area contributed by atoms with Crippen molar-refractivity contribution in [2.45, 2.75) is 12.8 Å². The average molecular weight is 593 g/mol. The van der Waals surface area contributed by atoms with E-state index in [-0.39, 0.29) is 0 Å². The first-order chi connectivity index (χ1) is 11.7. The Labute approximate surface area is 181 Å². The normalized spacial score (nSPS) is 9.83. The molecule has 2 nitrogen and oxygen atoms in total. The van der Waals surface area contributed by atoms with Gasteiger partial charge in [-0.05, 0) is 107 Å². The summed E-state index contributed by atoms with van der Waals surface area (Å²) >= 11 is 15.6. The summed E-state index contributed by atoms with van der Waals surface area (Å²) in [6.45, 7) is 1.40. The van der Waals surface area contributed by atoms with E-state index >= 15 is 0 Å². The molecule has 0 bridgehead atoms. The maximum atomic E-state index is 5.51. The third-order valence-corrected chi connectivity index (χ3v) is 4.69. The van der Waals surface area contributed by atoms with Crippen LogP contribution in [0.25, 0.3) is 0 Å². The van der Waals surface area contributed by atoms with Crippen molar-refractivity contribution in [2.24, 2.45) is 0 Å². The summed E-state index contributed by atoms with van der Waals surface area (Å²) < 4.78 is 13.3.